The van der Waals surface area contributed by atoms with Crippen LogP contribution in [-0.4, -0.2) is 140 Å². The second-order valence-electron chi connectivity index (χ2n) is 33.1. The fourth-order valence-corrected chi connectivity index (χ4v) is 15.8. The van der Waals surface area contributed by atoms with Gasteiger partial charge in [-0.25, -0.2) is 0 Å². The summed E-state index contributed by atoms with van der Waals surface area (Å²) in [5.74, 6) is -0.228. The predicted octanol–water partition coefficient (Wildman–Crippen LogP) is 22.9. The zero-order valence-corrected chi connectivity index (χ0v) is 69.5. The van der Waals surface area contributed by atoms with Gasteiger partial charge >= 0.3 is 0 Å². The zero-order valence-electron chi connectivity index (χ0n) is 69.5. The predicted molar refractivity (Wildman–Crippen MR) is 443 cm³/mol. The van der Waals surface area contributed by atoms with Gasteiger partial charge in [0, 0.05) is 6.42 Å². The fourth-order valence-electron chi connectivity index (χ4n) is 15.8. The molecule has 14 nitrogen and oxygen atoms in total. The summed E-state index contributed by atoms with van der Waals surface area (Å²) in [5, 5.41) is 87.9. The monoisotopic (exact) mass is 1500 g/mol. The molecule has 0 aromatic heterocycles. The lowest BCUT2D eigenvalue weighted by Gasteiger charge is -2.46. The lowest BCUT2D eigenvalue weighted by atomic mass is 9.97. The zero-order chi connectivity index (χ0) is 76.5. The average Bonchev–Trinajstić information content (AvgIpc) is 0.789. The fraction of sp³-hybridized carbons (Fsp3) is 0.946. The van der Waals surface area contributed by atoms with Crippen molar-refractivity contribution in [1.29, 1.82) is 0 Å². The molecule has 12 unspecified atom stereocenters. The topological polar surface area (TPSA) is 228 Å². The lowest BCUT2D eigenvalue weighted by molar-refractivity contribution is -0.359. The van der Waals surface area contributed by atoms with Crippen LogP contribution in [0.2, 0.25) is 0 Å². The molecule has 0 radical (unpaired) electrons. The van der Waals surface area contributed by atoms with Crippen LogP contribution in [0.3, 0.4) is 0 Å². The van der Waals surface area contributed by atoms with Crippen LogP contribution in [0.5, 0.6) is 0 Å². The van der Waals surface area contributed by atoms with E-state index in [9.17, 15) is 45.6 Å². The minimum absolute atomic E-state index is 0.228. The summed E-state index contributed by atoms with van der Waals surface area (Å²) in [5.41, 5.74) is 0. The molecule has 0 aromatic rings. The first-order chi connectivity index (χ1) is 52.1. The highest BCUT2D eigenvalue weighted by Crippen LogP contribution is 2.31. The highest BCUT2D eigenvalue weighted by Gasteiger charge is 2.51. The maximum Gasteiger partial charge on any atom is 0.220 e. The third-order valence-corrected chi connectivity index (χ3v) is 23.1. The largest absolute Gasteiger partial charge is 0.394 e. The highest BCUT2D eigenvalue weighted by molar-refractivity contribution is 5.76. The molecule has 12 atom stereocenters. The quantitative estimate of drug-likeness (QED) is 0.0204. The standard InChI is InChI=1S/C92H177NO13/c1-3-5-7-9-11-13-15-17-19-21-23-25-27-29-31-33-35-37-38-39-40-41-42-44-46-48-50-52-54-56-58-60-62-64-66-68-70-72-74-76-84(97)93-80(79-103-91-89(102)87(100)90(83(78-95)105-91)106-92-88(101)86(99)85(98)82(77-94)104-92)81(96)75-73-71-69-67-65-63-61-59-57-55-53-51-49-47-45-43-36-34-32-30-28-26-24-22-20-18-16-14-12-10-8-6-4-2/h21,23,73,75,80-83,85-92,94-96,98-102H,3-20,22,24-72,74,76-79H2,1-2H3,(H,93,97)/b23-21-,75-73+. The van der Waals surface area contributed by atoms with Crippen molar-refractivity contribution in [2.45, 2.75) is 537 Å². The number of rotatable bonds is 81. The Balaban J connectivity index is 1.54. The van der Waals surface area contributed by atoms with Gasteiger partial charge in [0.1, 0.15) is 48.8 Å². The molecule has 0 spiro atoms. The first kappa shape index (κ1) is 101. The number of aliphatic hydroxyl groups is 8. The molecule has 2 saturated heterocycles. The van der Waals surface area contributed by atoms with E-state index >= 15 is 0 Å². The second kappa shape index (κ2) is 76.1. The van der Waals surface area contributed by atoms with Gasteiger partial charge in [-0.05, 0) is 44.9 Å². The Kier molecular flexibility index (Phi) is 72.2. The van der Waals surface area contributed by atoms with Crippen molar-refractivity contribution in [3.05, 3.63) is 24.3 Å². The first-order valence-corrected chi connectivity index (χ1v) is 46.6. The molecule has 2 aliphatic heterocycles. The van der Waals surface area contributed by atoms with Crippen molar-refractivity contribution < 1.29 is 64.6 Å². The molecule has 628 valence electrons. The number of allylic oxidation sites excluding steroid dienone is 3. The minimum atomic E-state index is -1.79. The number of hydrogen-bond acceptors (Lipinski definition) is 13. The van der Waals surface area contributed by atoms with Crippen LogP contribution in [0.15, 0.2) is 24.3 Å². The van der Waals surface area contributed by atoms with Crippen LogP contribution in [0.4, 0.5) is 0 Å². The average molecular weight is 1510 g/mol. The van der Waals surface area contributed by atoms with E-state index < -0.39 is 86.8 Å². The maximum atomic E-state index is 13.4. The summed E-state index contributed by atoms with van der Waals surface area (Å²) in [6, 6.07) is -0.914. The lowest BCUT2D eigenvalue weighted by Crippen LogP contribution is -2.65. The molecule has 0 bridgehead atoms. The third-order valence-electron chi connectivity index (χ3n) is 23.1. The van der Waals surface area contributed by atoms with Gasteiger partial charge in [-0.2, -0.15) is 0 Å². The minimum Gasteiger partial charge on any atom is -0.394 e. The van der Waals surface area contributed by atoms with E-state index in [4.69, 9.17) is 18.9 Å². The van der Waals surface area contributed by atoms with E-state index in [1.807, 2.05) is 6.08 Å². The van der Waals surface area contributed by atoms with E-state index in [0.29, 0.717) is 6.42 Å². The number of hydrogen-bond donors (Lipinski definition) is 9. The number of carbonyl (C=O) groups excluding carboxylic acids is 1. The van der Waals surface area contributed by atoms with Gasteiger partial charge in [0.15, 0.2) is 12.6 Å². The SMILES string of the molecule is CCCCCCCCCC/C=C\CCCCCCCCCCCCCCCCCCCCCCCCCCCCCC(=O)NC(COC1OC(CO)C(OC2OC(CO)C(O)C(O)C2O)C(O)C1O)C(O)/C=C/CCCCCCCCCCCCCCCCCCCCCCCCCCCCCCCCC. The smallest absolute Gasteiger partial charge is 0.220 e. The van der Waals surface area contributed by atoms with Gasteiger partial charge in [0.25, 0.3) is 0 Å². The Hall–Kier alpha value is -1.53. The van der Waals surface area contributed by atoms with Crippen LogP contribution < -0.4 is 5.32 Å². The van der Waals surface area contributed by atoms with Gasteiger partial charge < -0.3 is 65.1 Å². The molecule has 0 aromatic carbocycles. The van der Waals surface area contributed by atoms with E-state index in [-0.39, 0.29) is 18.9 Å². The number of ether oxygens (including phenoxy) is 4. The molecular weight excluding hydrogens is 1330 g/mol. The van der Waals surface area contributed by atoms with Crippen LogP contribution in [0, 0.1) is 0 Å². The Morgan fingerprint density at radius 3 is 0.896 bits per heavy atom. The van der Waals surface area contributed by atoms with Crippen molar-refractivity contribution in [3.8, 4) is 0 Å². The van der Waals surface area contributed by atoms with E-state index in [1.165, 1.54) is 398 Å². The molecule has 2 heterocycles. The molecule has 2 rings (SSSR count). The van der Waals surface area contributed by atoms with Crippen LogP contribution in [-0.2, 0) is 23.7 Å². The van der Waals surface area contributed by atoms with Gasteiger partial charge in [-0.15, -0.1) is 0 Å². The molecule has 2 aliphatic rings. The van der Waals surface area contributed by atoms with Crippen molar-refractivity contribution in [1.82, 2.24) is 5.32 Å². The number of nitrogens with one attached hydrogen (secondary N) is 1. The van der Waals surface area contributed by atoms with Crippen LogP contribution >= 0.6 is 0 Å². The second-order valence-corrected chi connectivity index (χ2v) is 33.1. The van der Waals surface area contributed by atoms with Crippen molar-refractivity contribution in [2.75, 3.05) is 19.8 Å². The first-order valence-electron chi connectivity index (χ1n) is 46.6. The summed E-state index contributed by atoms with van der Waals surface area (Å²) < 4.78 is 23.0. The number of unbranched alkanes of at least 4 members (excludes halogenated alkanes) is 66. The molecule has 2 fully saturated rings. The molecule has 0 saturated carbocycles. The van der Waals surface area contributed by atoms with E-state index in [1.54, 1.807) is 6.08 Å². The molecular formula is C92H177NO13. The Bertz CT molecular complexity index is 1870. The Morgan fingerprint density at radius 2 is 0.594 bits per heavy atom. The van der Waals surface area contributed by atoms with Crippen LogP contribution in [0.1, 0.15) is 463 Å². The Morgan fingerprint density at radius 1 is 0.330 bits per heavy atom. The van der Waals surface area contributed by atoms with Gasteiger partial charge in [0.05, 0.1) is 32.0 Å². The molecule has 0 aliphatic carbocycles. The summed E-state index contributed by atoms with van der Waals surface area (Å²) in [6.45, 7) is 2.89. The van der Waals surface area contributed by atoms with Crippen molar-refractivity contribution in [3.63, 3.8) is 0 Å². The van der Waals surface area contributed by atoms with Gasteiger partial charge in [0.2, 0.25) is 5.91 Å². The number of amides is 1. The molecule has 9 N–H and O–H groups in total. The Labute approximate surface area is 653 Å². The number of carbonyl (C=O) groups is 1. The third kappa shape index (κ3) is 57.5. The van der Waals surface area contributed by atoms with E-state index in [0.717, 1.165) is 38.5 Å². The van der Waals surface area contributed by atoms with Crippen molar-refractivity contribution >= 4 is 5.91 Å². The van der Waals surface area contributed by atoms with Gasteiger partial charge in [-0.1, -0.05) is 436 Å². The van der Waals surface area contributed by atoms with Gasteiger partial charge in [-0.3, -0.25) is 4.79 Å². The summed E-state index contributed by atoms with van der Waals surface area (Å²) in [7, 11) is 0. The molecule has 106 heavy (non-hydrogen) atoms. The molecule has 14 heteroatoms. The highest BCUT2D eigenvalue weighted by atomic mass is 16.7. The number of aliphatic hydroxyl groups excluding tert-OH is 8. The normalized spacial score (nSPS) is 21.3. The van der Waals surface area contributed by atoms with E-state index in [2.05, 4.69) is 31.3 Å². The van der Waals surface area contributed by atoms with Crippen molar-refractivity contribution in [2.24, 2.45) is 0 Å². The summed E-state index contributed by atoms with van der Waals surface area (Å²) >= 11 is 0. The summed E-state index contributed by atoms with van der Waals surface area (Å²) in [6.07, 6.45) is 84.6. The summed E-state index contributed by atoms with van der Waals surface area (Å²) in [4.78, 5) is 13.4. The molecule has 1 amide bonds. The maximum absolute atomic E-state index is 13.4. The van der Waals surface area contributed by atoms with Crippen LogP contribution in [0.25, 0.3) is 0 Å².